The van der Waals surface area contributed by atoms with Crippen LogP contribution < -0.4 is 10.5 Å². The van der Waals surface area contributed by atoms with E-state index in [1.807, 2.05) is 6.92 Å². The summed E-state index contributed by atoms with van der Waals surface area (Å²) < 4.78 is 27.4. The molecule has 0 unspecified atom stereocenters. The Labute approximate surface area is 127 Å². The largest absolute Gasteiger partial charge is 0.326 e. The second-order valence-electron chi connectivity index (χ2n) is 4.40. The number of aryl methyl sites for hydroxylation is 2. The number of benzene rings is 1. The summed E-state index contributed by atoms with van der Waals surface area (Å²) in [5, 5.41) is 0.484. The van der Waals surface area contributed by atoms with Gasteiger partial charge < -0.3 is 5.73 Å². The quantitative estimate of drug-likeness (QED) is 0.903. The van der Waals surface area contributed by atoms with Crippen molar-refractivity contribution >= 4 is 38.6 Å². The monoisotopic (exact) mass is 330 g/mol. The molecule has 0 fully saturated rings. The van der Waals surface area contributed by atoms with Crippen LogP contribution >= 0.6 is 22.9 Å². The number of thiophene rings is 1. The van der Waals surface area contributed by atoms with Gasteiger partial charge >= 0.3 is 0 Å². The topological polar surface area (TPSA) is 72.2 Å². The van der Waals surface area contributed by atoms with Crippen molar-refractivity contribution in [2.24, 2.45) is 5.73 Å². The number of hydrogen-bond donors (Lipinski definition) is 2. The molecule has 0 saturated carbocycles. The first-order valence-corrected chi connectivity index (χ1v) is 8.59. The number of nitrogens with two attached hydrogens (primary N) is 1. The van der Waals surface area contributed by atoms with Crippen LogP contribution in [0.4, 0.5) is 5.69 Å². The highest BCUT2D eigenvalue weighted by Crippen LogP contribution is 2.29. The van der Waals surface area contributed by atoms with Crippen LogP contribution in [0.3, 0.4) is 0 Å². The minimum absolute atomic E-state index is 0.266. The molecule has 0 saturated heterocycles. The Morgan fingerprint density at radius 1 is 1.30 bits per heavy atom. The summed E-state index contributed by atoms with van der Waals surface area (Å²) in [6.45, 7) is 3.92. The average molecular weight is 331 g/mol. The standard InChI is InChI=1S/C13H15ClN2O2S2/c1-8-3-4-10(14)5-12(8)16-20(17,18)13-6-11(7-15)19-9(13)2/h3-6,16H,7,15H2,1-2H3. The highest BCUT2D eigenvalue weighted by Gasteiger charge is 2.20. The van der Waals surface area contributed by atoms with Crippen LogP contribution in [-0.4, -0.2) is 8.42 Å². The van der Waals surface area contributed by atoms with E-state index in [9.17, 15) is 8.42 Å². The second-order valence-corrected chi connectivity index (χ2v) is 7.83. The van der Waals surface area contributed by atoms with E-state index < -0.39 is 10.0 Å². The maximum Gasteiger partial charge on any atom is 0.263 e. The molecule has 0 aliphatic carbocycles. The third kappa shape index (κ3) is 3.15. The van der Waals surface area contributed by atoms with Crippen molar-refractivity contribution in [2.75, 3.05) is 4.72 Å². The highest BCUT2D eigenvalue weighted by atomic mass is 35.5. The fourth-order valence-corrected chi connectivity index (χ4v) is 4.60. The van der Waals surface area contributed by atoms with E-state index in [0.29, 0.717) is 17.3 Å². The molecule has 1 aromatic heterocycles. The van der Waals surface area contributed by atoms with Gasteiger partial charge in [0, 0.05) is 21.3 Å². The van der Waals surface area contributed by atoms with Crippen LogP contribution in [0.15, 0.2) is 29.2 Å². The molecule has 0 aliphatic heterocycles. The molecule has 0 spiro atoms. The Hall–Kier alpha value is -1.08. The minimum Gasteiger partial charge on any atom is -0.326 e. The third-order valence-electron chi connectivity index (χ3n) is 2.86. The lowest BCUT2D eigenvalue weighted by atomic mass is 10.2. The first-order chi connectivity index (χ1) is 9.33. The summed E-state index contributed by atoms with van der Waals surface area (Å²) in [4.78, 5) is 1.82. The van der Waals surface area contributed by atoms with Crippen molar-refractivity contribution in [3.63, 3.8) is 0 Å². The molecule has 20 heavy (non-hydrogen) atoms. The first-order valence-electron chi connectivity index (χ1n) is 5.92. The summed E-state index contributed by atoms with van der Waals surface area (Å²) >= 11 is 7.29. The van der Waals surface area contributed by atoms with Crippen LogP contribution in [0, 0.1) is 13.8 Å². The lowest BCUT2D eigenvalue weighted by Gasteiger charge is -2.10. The molecule has 0 radical (unpaired) electrons. The van der Waals surface area contributed by atoms with E-state index in [0.717, 1.165) is 15.3 Å². The zero-order valence-corrected chi connectivity index (χ0v) is 13.5. The van der Waals surface area contributed by atoms with Gasteiger partial charge in [0.05, 0.1) is 5.69 Å². The summed E-state index contributed by atoms with van der Waals surface area (Å²) in [6.07, 6.45) is 0. The normalized spacial score (nSPS) is 11.6. The molecule has 0 amide bonds. The van der Waals surface area contributed by atoms with Crippen molar-refractivity contribution in [2.45, 2.75) is 25.3 Å². The summed E-state index contributed by atoms with van der Waals surface area (Å²) in [5.41, 5.74) is 6.84. The molecule has 1 heterocycles. The van der Waals surface area contributed by atoms with Gasteiger partial charge in [-0.3, -0.25) is 4.72 Å². The van der Waals surface area contributed by atoms with Crippen molar-refractivity contribution in [1.29, 1.82) is 0 Å². The molecule has 2 aromatic rings. The predicted molar refractivity (Wildman–Crippen MR) is 83.9 cm³/mol. The lowest BCUT2D eigenvalue weighted by Crippen LogP contribution is -2.14. The van der Waals surface area contributed by atoms with Crippen molar-refractivity contribution in [1.82, 2.24) is 0 Å². The lowest BCUT2D eigenvalue weighted by molar-refractivity contribution is 0.601. The van der Waals surface area contributed by atoms with Gasteiger partial charge in [0.1, 0.15) is 4.90 Å². The molecule has 1 aromatic carbocycles. The fourth-order valence-electron chi connectivity index (χ4n) is 1.80. The van der Waals surface area contributed by atoms with E-state index in [1.165, 1.54) is 11.3 Å². The van der Waals surface area contributed by atoms with E-state index in [2.05, 4.69) is 4.72 Å². The zero-order chi connectivity index (χ0) is 14.9. The Morgan fingerprint density at radius 3 is 2.60 bits per heavy atom. The van der Waals surface area contributed by atoms with Gasteiger partial charge in [-0.15, -0.1) is 11.3 Å². The molecule has 108 valence electrons. The molecule has 7 heteroatoms. The third-order valence-corrected chi connectivity index (χ3v) is 5.79. The SMILES string of the molecule is Cc1ccc(Cl)cc1NS(=O)(=O)c1cc(CN)sc1C. The molecule has 0 aliphatic rings. The molecule has 0 atom stereocenters. The zero-order valence-electron chi connectivity index (χ0n) is 11.1. The van der Waals surface area contributed by atoms with Crippen LogP contribution in [0.5, 0.6) is 0 Å². The van der Waals surface area contributed by atoms with Crippen molar-refractivity contribution < 1.29 is 8.42 Å². The van der Waals surface area contributed by atoms with Gasteiger partial charge in [-0.1, -0.05) is 17.7 Å². The van der Waals surface area contributed by atoms with Crippen LogP contribution in [0.25, 0.3) is 0 Å². The Kier molecular flexibility index (Phi) is 4.39. The summed E-state index contributed by atoms with van der Waals surface area (Å²) in [5.74, 6) is 0. The number of sulfonamides is 1. The van der Waals surface area contributed by atoms with Crippen molar-refractivity contribution in [3.8, 4) is 0 Å². The minimum atomic E-state index is -3.63. The van der Waals surface area contributed by atoms with Gasteiger partial charge in [0.25, 0.3) is 10.0 Å². The van der Waals surface area contributed by atoms with Gasteiger partial charge in [0.15, 0.2) is 0 Å². The van der Waals surface area contributed by atoms with Gasteiger partial charge in [-0.25, -0.2) is 8.42 Å². The van der Waals surface area contributed by atoms with Gasteiger partial charge in [0.2, 0.25) is 0 Å². The number of rotatable bonds is 4. The van der Waals surface area contributed by atoms with E-state index in [1.54, 1.807) is 31.2 Å². The number of nitrogens with one attached hydrogen (secondary N) is 1. The van der Waals surface area contributed by atoms with Gasteiger partial charge in [-0.05, 0) is 37.6 Å². The molecule has 2 rings (SSSR count). The summed E-state index contributed by atoms with van der Waals surface area (Å²) in [6, 6.07) is 6.70. The van der Waals surface area contributed by atoms with E-state index in [4.69, 9.17) is 17.3 Å². The fraction of sp³-hybridized carbons (Fsp3) is 0.231. The second kappa shape index (κ2) is 5.73. The van der Waals surface area contributed by atoms with Gasteiger partial charge in [-0.2, -0.15) is 0 Å². The maximum atomic E-state index is 12.4. The van der Waals surface area contributed by atoms with E-state index >= 15 is 0 Å². The van der Waals surface area contributed by atoms with Crippen LogP contribution in [-0.2, 0) is 16.6 Å². The first kappa shape index (κ1) is 15.3. The Bertz CT molecular complexity index is 739. The van der Waals surface area contributed by atoms with E-state index in [-0.39, 0.29) is 4.90 Å². The molecule has 0 bridgehead atoms. The maximum absolute atomic E-state index is 12.4. The molecule has 3 N–H and O–H groups in total. The number of halogens is 1. The average Bonchev–Trinajstić information content (AvgIpc) is 2.76. The predicted octanol–water partition coefficient (Wildman–Crippen LogP) is 3.28. The summed E-state index contributed by atoms with van der Waals surface area (Å²) in [7, 11) is -3.63. The molecule has 4 nitrogen and oxygen atoms in total. The number of anilines is 1. The Morgan fingerprint density at radius 2 is 2.00 bits per heavy atom. The van der Waals surface area contributed by atoms with Crippen LogP contribution in [0.1, 0.15) is 15.3 Å². The smallest absolute Gasteiger partial charge is 0.263 e. The highest BCUT2D eigenvalue weighted by molar-refractivity contribution is 7.93. The molecular formula is C13H15ClN2O2S2. The number of hydrogen-bond acceptors (Lipinski definition) is 4. The Balaban J connectivity index is 2.40. The molecular weight excluding hydrogens is 316 g/mol. The van der Waals surface area contributed by atoms with Crippen LogP contribution in [0.2, 0.25) is 5.02 Å². The van der Waals surface area contributed by atoms with Crippen molar-refractivity contribution in [3.05, 3.63) is 44.6 Å².